The van der Waals surface area contributed by atoms with Gasteiger partial charge in [0.25, 0.3) is 5.91 Å². The molecule has 1 amide bonds. The lowest BCUT2D eigenvalue weighted by Gasteiger charge is -2.13. The maximum atomic E-state index is 12.5. The SMILES string of the molecule is N#Cc1ccccc1Sc1ccccc1C(=O)NC[C@@H]1CCCO1. The first-order valence-corrected chi connectivity index (χ1v) is 8.75. The van der Waals surface area contributed by atoms with Crippen LogP contribution in [0.3, 0.4) is 0 Å². The van der Waals surface area contributed by atoms with Gasteiger partial charge in [0, 0.05) is 22.9 Å². The maximum absolute atomic E-state index is 12.5. The summed E-state index contributed by atoms with van der Waals surface area (Å²) in [4.78, 5) is 14.2. The number of ether oxygens (including phenoxy) is 1. The van der Waals surface area contributed by atoms with Gasteiger partial charge in [0.2, 0.25) is 0 Å². The summed E-state index contributed by atoms with van der Waals surface area (Å²) in [7, 11) is 0. The zero-order valence-electron chi connectivity index (χ0n) is 13.2. The molecule has 1 N–H and O–H groups in total. The highest BCUT2D eigenvalue weighted by Gasteiger charge is 2.18. The largest absolute Gasteiger partial charge is 0.376 e. The zero-order valence-corrected chi connectivity index (χ0v) is 14.0. The number of nitrogens with zero attached hydrogens (tertiary/aromatic N) is 1. The number of amides is 1. The molecule has 4 nitrogen and oxygen atoms in total. The highest BCUT2D eigenvalue weighted by molar-refractivity contribution is 7.99. The maximum Gasteiger partial charge on any atom is 0.252 e. The molecule has 2 aromatic carbocycles. The van der Waals surface area contributed by atoms with E-state index in [1.54, 1.807) is 6.07 Å². The van der Waals surface area contributed by atoms with Crippen molar-refractivity contribution in [2.24, 2.45) is 0 Å². The lowest BCUT2D eigenvalue weighted by Crippen LogP contribution is -2.32. The Labute approximate surface area is 145 Å². The lowest BCUT2D eigenvalue weighted by molar-refractivity contribution is 0.0855. The summed E-state index contributed by atoms with van der Waals surface area (Å²) >= 11 is 1.44. The molecule has 0 radical (unpaired) electrons. The van der Waals surface area contributed by atoms with E-state index in [-0.39, 0.29) is 12.0 Å². The van der Waals surface area contributed by atoms with Crippen molar-refractivity contribution in [3.8, 4) is 6.07 Å². The monoisotopic (exact) mass is 338 g/mol. The molecule has 0 bridgehead atoms. The van der Waals surface area contributed by atoms with E-state index in [4.69, 9.17) is 4.74 Å². The number of nitrogens with one attached hydrogen (secondary N) is 1. The van der Waals surface area contributed by atoms with Crippen LogP contribution in [0.2, 0.25) is 0 Å². The molecule has 2 aromatic rings. The molecular formula is C19H18N2O2S. The topological polar surface area (TPSA) is 62.1 Å². The third kappa shape index (κ3) is 3.97. The standard InChI is InChI=1S/C19H18N2O2S/c20-12-14-6-1-3-9-17(14)24-18-10-4-2-8-16(18)19(22)21-13-15-7-5-11-23-15/h1-4,6,8-10,15H,5,7,11,13H2,(H,21,22)/t15-/m0/s1. The van der Waals surface area contributed by atoms with Crippen molar-refractivity contribution in [1.82, 2.24) is 5.32 Å². The van der Waals surface area contributed by atoms with Gasteiger partial charge in [-0.3, -0.25) is 4.79 Å². The Hall–Kier alpha value is -2.29. The number of hydrogen-bond donors (Lipinski definition) is 1. The van der Waals surface area contributed by atoms with Gasteiger partial charge in [0.15, 0.2) is 0 Å². The average Bonchev–Trinajstić information content (AvgIpc) is 3.14. The second-order valence-electron chi connectivity index (χ2n) is 5.55. The molecule has 0 unspecified atom stereocenters. The fraction of sp³-hybridized carbons (Fsp3) is 0.263. The molecule has 1 aliphatic heterocycles. The number of carbonyl (C=O) groups is 1. The van der Waals surface area contributed by atoms with Crippen LogP contribution in [-0.4, -0.2) is 25.2 Å². The summed E-state index contributed by atoms with van der Waals surface area (Å²) in [5.41, 5.74) is 1.23. The van der Waals surface area contributed by atoms with Crippen LogP contribution in [0, 0.1) is 11.3 Å². The van der Waals surface area contributed by atoms with Crippen LogP contribution in [0.5, 0.6) is 0 Å². The van der Waals surface area contributed by atoms with Crippen molar-refractivity contribution in [2.75, 3.05) is 13.2 Å². The first kappa shape index (κ1) is 16.6. The van der Waals surface area contributed by atoms with Crippen molar-refractivity contribution in [3.63, 3.8) is 0 Å². The third-order valence-electron chi connectivity index (χ3n) is 3.87. The van der Waals surface area contributed by atoms with Gasteiger partial charge in [-0.05, 0) is 37.1 Å². The van der Waals surface area contributed by atoms with E-state index in [0.717, 1.165) is 29.2 Å². The van der Waals surface area contributed by atoms with Gasteiger partial charge >= 0.3 is 0 Å². The Morgan fingerprint density at radius 3 is 2.71 bits per heavy atom. The second-order valence-corrected chi connectivity index (χ2v) is 6.64. The van der Waals surface area contributed by atoms with Crippen molar-refractivity contribution in [2.45, 2.75) is 28.7 Å². The quantitative estimate of drug-likeness (QED) is 0.904. The van der Waals surface area contributed by atoms with Crippen LogP contribution >= 0.6 is 11.8 Å². The summed E-state index contributed by atoms with van der Waals surface area (Å²) in [5.74, 6) is -0.108. The Kier molecular flexibility index (Phi) is 5.52. The Bertz CT molecular complexity index is 764. The predicted octanol–water partition coefficient (Wildman–Crippen LogP) is 3.62. The summed E-state index contributed by atoms with van der Waals surface area (Å²) in [6, 6.07) is 17.0. The lowest BCUT2D eigenvalue weighted by atomic mass is 10.2. The average molecular weight is 338 g/mol. The van der Waals surface area contributed by atoms with Gasteiger partial charge < -0.3 is 10.1 Å². The molecule has 1 fully saturated rings. The minimum absolute atomic E-state index is 0.108. The minimum atomic E-state index is -0.108. The predicted molar refractivity (Wildman–Crippen MR) is 93.0 cm³/mol. The zero-order chi connectivity index (χ0) is 16.8. The molecule has 1 saturated heterocycles. The van der Waals surface area contributed by atoms with Gasteiger partial charge in [-0.25, -0.2) is 0 Å². The van der Waals surface area contributed by atoms with Gasteiger partial charge in [0.05, 0.1) is 17.2 Å². The second kappa shape index (κ2) is 8.00. The van der Waals surface area contributed by atoms with Crippen molar-refractivity contribution in [1.29, 1.82) is 5.26 Å². The van der Waals surface area contributed by atoms with Crippen LogP contribution in [0.1, 0.15) is 28.8 Å². The number of hydrogen-bond acceptors (Lipinski definition) is 4. The smallest absolute Gasteiger partial charge is 0.252 e. The Morgan fingerprint density at radius 2 is 1.96 bits per heavy atom. The van der Waals surface area contributed by atoms with Crippen LogP contribution in [0.25, 0.3) is 0 Å². The molecular weight excluding hydrogens is 320 g/mol. The van der Waals surface area contributed by atoms with Gasteiger partial charge in [-0.1, -0.05) is 36.0 Å². The summed E-state index contributed by atoms with van der Waals surface area (Å²) < 4.78 is 5.54. The van der Waals surface area contributed by atoms with E-state index < -0.39 is 0 Å². The van der Waals surface area contributed by atoms with Crippen molar-refractivity contribution >= 4 is 17.7 Å². The summed E-state index contributed by atoms with van der Waals surface area (Å²) in [6.45, 7) is 1.31. The van der Waals surface area contributed by atoms with E-state index in [0.29, 0.717) is 17.7 Å². The number of nitriles is 1. The molecule has 122 valence electrons. The molecule has 3 rings (SSSR count). The van der Waals surface area contributed by atoms with E-state index >= 15 is 0 Å². The normalized spacial score (nSPS) is 16.5. The number of benzene rings is 2. The molecule has 0 aliphatic carbocycles. The molecule has 0 saturated carbocycles. The van der Waals surface area contributed by atoms with E-state index in [1.807, 2.05) is 42.5 Å². The van der Waals surface area contributed by atoms with Gasteiger partial charge in [0.1, 0.15) is 6.07 Å². The molecule has 1 atom stereocenters. The van der Waals surface area contributed by atoms with Gasteiger partial charge in [-0.2, -0.15) is 5.26 Å². The fourth-order valence-electron chi connectivity index (χ4n) is 2.62. The van der Waals surface area contributed by atoms with Crippen LogP contribution in [-0.2, 0) is 4.74 Å². The highest BCUT2D eigenvalue weighted by Crippen LogP contribution is 2.32. The van der Waals surface area contributed by atoms with E-state index in [2.05, 4.69) is 11.4 Å². The van der Waals surface area contributed by atoms with Gasteiger partial charge in [-0.15, -0.1) is 0 Å². The van der Waals surface area contributed by atoms with E-state index in [9.17, 15) is 10.1 Å². The number of rotatable bonds is 5. The Balaban J connectivity index is 1.75. The molecule has 5 heteroatoms. The van der Waals surface area contributed by atoms with Crippen molar-refractivity contribution in [3.05, 3.63) is 59.7 Å². The Morgan fingerprint density at radius 1 is 1.21 bits per heavy atom. The molecule has 0 aromatic heterocycles. The van der Waals surface area contributed by atoms with Crippen LogP contribution in [0.4, 0.5) is 0 Å². The first-order valence-electron chi connectivity index (χ1n) is 7.94. The molecule has 0 spiro atoms. The van der Waals surface area contributed by atoms with Crippen molar-refractivity contribution < 1.29 is 9.53 Å². The highest BCUT2D eigenvalue weighted by atomic mass is 32.2. The summed E-state index contributed by atoms with van der Waals surface area (Å²) in [5, 5.41) is 12.2. The molecule has 1 heterocycles. The minimum Gasteiger partial charge on any atom is -0.376 e. The van der Waals surface area contributed by atoms with Crippen LogP contribution in [0.15, 0.2) is 58.3 Å². The van der Waals surface area contributed by atoms with Crippen LogP contribution < -0.4 is 5.32 Å². The molecule has 1 aliphatic rings. The van der Waals surface area contributed by atoms with E-state index in [1.165, 1.54) is 11.8 Å². The fourth-order valence-corrected chi connectivity index (χ4v) is 3.64. The first-order chi connectivity index (χ1) is 11.8. The summed E-state index contributed by atoms with van der Waals surface area (Å²) in [6.07, 6.45) is 2.16. The number of carbonyl (C=O) groups excluding carboxylic acids is 1. The molecule has 24 heavy (non-hydrogen) atoms. The third-order valence-corrected chi connectivity index (χ3v) is 5.03.